The maximum Gasteiger partial charge on any atom is 0.188 e. The minimum atomic E-state index is 0.547. The molecule has 0 aliphatic heterocycles. The number of nitriles is 1. The number of rotatable bonds is 4. The van der Waals surface area contributed by atoms with Crippen molar-refractivity contribution in [2.75, 3.05) is 12.4 Å². The lowest BCUT2D eigenvalue weighted by molar-refractivity contribution is 0.414. The van der Waals surface area contributed by atoms with Crippen LogP contribution in [-0.2, 0) is 6.54 Å². The number of benzene rings is 2. The molecule has 0 atom stereocenters. The van der Waals surface area contributed by atoms with Crippen LogP contribution in [0.25, 0.3) is 25.0 Å². The molecule has 0 spiro atoms. The number of methoxy groups -OCH3 is 1. The van der Waals surface area contributed by atoms with Gasteiger partial charge in [0.25, 0.3) is 0 Å². The summed E-state index contributed by atoms with van der Waals surface area (Å²) in [7, 11) is 1.64. The summed E-state index contributed by atoms with van der Waals surface area (Å²) in [6, 6.07) is 15.7. The van der Waals surface area contributed by atoms with Crippen LogP contribution >= 0.6 is 11.3 Å². The number of pyridine rings is 1. The van der Waals surface area contributed by atoms with Crippen LogP contribution in [0.1, 0.15) is 11.1 Å². The van der Waals surface area contributed by atoms with E-state index in [-0.39, 0.29) is 0 Å². The summed E-state index contributed by atoms with van der Waals surface area (Å²) in [6.07, 6.45) is 1.60. The van der Waals surface area contributed by atoms with Crippen LogP contribution in [0.4, 0.5) is 11.5 Å². The Labute approximate surface area is 160 Å². The highest BCUT2D eigenvalue weighted by Crippen LogP contribution is 2.40. The molecule has 0 aliphatic rings. The number of fused-ring (bicyclic) bond motifs is 3. The molecule has 0 saturated heterocycles. The van der Waals surface area contributed by atoms with Crippen LogP contribution in [0.15, 0.2) is 48.7 Å². The molecule has 4 aromatic rings. The summed E-state index contributed by atoms with van der Waals surface area (Å²) >= 11 is 1.52. The Hall–Kier alpha value is -3.61. The Balaban J connectivity index is 1.78. The topological polar surface area (TPSA) is 62.3 Å². The summed E-state index contributed by atoms with van der Waals surface area (Å²) in [4.78, 5) is 7.98. The molecule has 6 heteroatoms. The molecule has 130 valence electrons. The van der Waals surface area contributed by atoms with Crippen molar-refractivity contribution in [3.05, 3.63) is 71.2 Å². The second-order valence-electron chi connectivity index (χ2n) is 5.93. The molecule has 0 unspecified atom stereocenters. The second-order valence-corrected chi connectivity index (χ2v) is 6.98. The average molecular weight is 370 g/mol. The van der Waals surface area contributed by atoms with E-state index in [1.165, 1.54) is 11.3 Å². The number of anilines is 1. The number of hydrogen-bond acceptors (Lipinski definition) is 5. The number of nitrogens with zero attached hydrogens (tertiary/aromatic N) is 3. The van der Waals surface area contributed by atoms with Gasteiger partial charge in [0.1, 0.15) is 17.6 Å². The monoisotopic (exact) mass is 370 g/mol. The molecule has 0 aliphatic carbocycles. The first kappa shape index (κ1) is 16.8. The van der Waals surface area contributed by atoms with Crippen LogP contribution in [-0.4, -0.2) is 12.1 Å². The van der Waals surface area contributed by atoms with Gasteiger partial charge in [-0.2, -0.15) is 5.26 Å². The summed E-state index contributed by atoms with van der Waals surface area (Å²) in [5.74, 6) is 1.55. The molecule has 4 rings (SSSR count). The zero-order valence-electron chi connectivity index (χ0n) is 14.5. The van der Waals surface area contributed by atoms with Gasteiger partial charge in [-0.05, 0) is 23.8 Å². The van der Waals surface area contributed by atoms with Crippen molar-refractivity contribution in [3.63, 3.8) is 0 Å². The fourth-order valence-electron chi connectivity index (χ4n) is 2.97. The number of ether oxygens (including phenoxy) is 1. The molecule has 0 saturated carbocycles. The van der Waals surface area contributed by atoms with Crippen LogP contribution in [0.5, 0.6) is 5.75 Å². The molecule has 0 bridgehead atoms. The fourth-order valence-corrected chi connectivity index (χ4v) is 4.17. The summed E-state index contributed by atoms with van der Waals surface area (Å²) in [5, 5.41) is 14.8. The Morgan fingerprint density at radius 2 is 2.07 bits per heavy atom. The van der Waals surface area contributed by atoms with Crippen LogP contribution in [0.2, 0.25) is 0 Å². The normalized spacial score (nSPS) is 10.5. The molecule has 0 amide bonds. The average Bonchev–Trinajstić information content (AvgIpc) is 3.11. The minimum absolute atomic E-state index is 0.547. The minimum Gasteiger partial charge on any atom is -0.497 e. The molecule has 2 aromatic heterocycles. The smallest absolute Gasteiger partial charge is 0.188 e. The van der Waals surface area contributed by atoms with E-state index < -0.39 is 0 Å². The largest absolute Gasteiger partial charge is 0.497 e. The van der Waals surface area contributed by atoms with E-state index in [2.05, 4.69) is 21.2 Å². The molecule has 2 heterocycles. The van der Waals surface area contributed by atoms with Crippen molar-refractivity contribution in [3.8, 4) is 11.8 Å². The number of hydrogen-bond donors (Lipinski definition) is 1. The number of nitrogens with one attached hydrogen (secondary N) is 1. The van der Waals surface area contributed by atoms with E-state index in [1.54, 1.807) is 19.4 Å². The van der Waals surface area contributed by atoms with Gasteiger partial charge in [-0.15, -0.1) is 11.3 Å². The third-order valence-corrected chi connectivity index (χ3v) is 5.53. The SMILES string of the molecule is [C-]#[N+]c1ccc2c(c1)sc1c(C#N)cnc(NCc3ccc(OC)cc3)c12. The number of thiophene rings is 1. The molecule has 0 fully saturated rings. The fraction of sp³-hybridized carbons (Fsp3) is 0.0952. The summed E-state index contributed by atoms with van der Waals surface area (Å²) < 4.78 is 7.06. The van der Waals surface area contributed by atoms with Gasteiger partial charge in [-0.1, -0.05) is 24.3 Å². The van der Waals surface area contributed by atoms with Gasteiger partial charge >= 0.3 is 0 Å². The van der Waals surface area contributed by atoms with Crippen molar-refractivity contribution in [1.82, 2.24) is 4.98 Å². The van der Waals surface area contributed by atoms with Gasteiger partial charge in [0.15, 0.2) is 5.69 Å². The van der Waals surface area contributed by atoms with Crippen LogP contribution < -0.4 is 10.1 Å². The highest BCUT2D eigenvalue weighted by atomic mass is 32.1. The predicted molar refractivity (Wildman–Crippen MR) is 108 cm³/mol. The van der Waals surface area contributed by atoms with Crippen molar-refractivity contribution >= 4 is 43.0 Å². The molecular formula is C21H14N4OS. The maximum absolute atomic E-state index is 9.45. The molecule has 0 radical (unpaired) electrons. The van der Waals surface area contributed by atoms with Crippen molar-refractivity contribution in [2.24, 2.45) is 0 Å². The lowest BCUT2D eigenvalue weighted by Crippen LogP contribution is -2.02. The zero-order valence-corrected chi connectivity index (χ0v) is 15.3. The van der Waals surface area contributed by atoms with Gasteiger partial charge in [-0.3, -0.25) is 0 Å². The van der Waals surface area contributed by atoms with Gasteiger partial charge in [0.05, 0.1) is 23.9 Å². The van der Waals surface area contributed by atoms with E-state index in [0.717, 1.165) is 37.3 Å². The van der Waals surface area contributed by atoms with E-state index >= 15 is 0 Å². The summed E-state index contributed by atoms with van der Waals surface area (Å²) in [5.41, 5.74) is 2.24. The van der Waals surface area contributed by atoms with Crippen molar-refractivity contribution < 1.29 is 4.74 Å². The quantitative estimate of drug-likeness (QED) is 0.482. The van der Waals surface area contributed by atoms with E-state index in [9.17, 15) is 5.26 Å². The highest BCUT2D eigenvalue weighted by molar-refractivity contribution is 7.26. The third-order valence-electron chi connectivity index (χ3n) is 4.35. The van der Waals surface area contributed by atoms with Crippen LogP contribution in [0.3, 0.4) is 0 Å². The standard InChI is InChI=1S/C21H14N4OS/c1-23-15-5-8-17-18(9-15)27-20-14(10-22)12-25-21(19(17)20)24-11-13-3-6-16(26-2)7-4-13/h3-9,12H,11H2,2H3,(H,24,25). The molecule has 5 nitrogen and oxygen atoms in total. The van der Waals surface area contributed by atoms with E-state index in [4.69, 9.17) is 11.3 Å². The van der Waals surface area contributed by atoms with Gasteiger partial charge in [0, 0.05) is 28.2 Å². The highest BCUT2D eigenvalue weighted by Gasteiger charge is 2.15. The summed E-state index contributed by atoms with van der Waals surface area (Å²) in [6.45, 7) is 7.81. The molecule has 2 aromatic carbocycles. The number of aromatic nitrogens is 1. The Kier molecular flexibility index (Phi) is 4.33. The first-order valence-corrected chi connectivity index (χ1v) is 9.04. The molecule has 27 heavy (non-hydrogen) atoms. The lowest BCUT2D eigenvalue weighted by atomic mass is 10.1. The first-order valence-electron chi connectivity index (χ1n) is 8.23. The Bertz CT molecular complexity index is 1230. The Morgan fingerprint density at radius 1 is 1.26 bits per heavy atom. The molecule has 1 N–H and O–H groups in total. The first-order chi connectivity index (χ1) is 13.2. The molecular weight excluding hydrogens is 356 g/mol. The van der Waals surface area contributed by atoms with Gasteiger partial charge in [0.2, 0.25) is 0 Å². The second kappa shape index (κ2) is 6.95. The van der Waals surface area contributed by atoms with Crippen LogP contribution in [0, 0.1) is 17.9 Å². The zero-order chi connectivity index (χ0) is 18.8. The van der Waals surface area contributed by atoms with Gasteiger partial charge in [-0.25, -0.2) is 9.83 Å². The third kappa shape index (κ3) is 3.03. The van der Waals surface area contributed by atoms with E-state index in [0.29, 0.717) is 17.8 Å². The Morgan fingerprint density at radius 3 is 2.78 bits per heavy atom. The van der Waals surface area contributed by atoms with Gasteiger partial charge < -0.3 is 10.1 Å². The maximum atomic E-state index is 9.45. The lowest BCUT2D eigenvalue weighted by Gasteiger charge is -2.09. The predicted octanol–water partition coefficient (Wildman–Crippen LogP) is 5.49. The van der Waals surface area contributed by atoms with Crippen molar-refractivity contribution in [2.45, 2.75) is 6.54 Å². The van der Waals surface area contributed by atoms with E-state index in [1.807, 2.05) is 36.4 Å². The van der Waals surface area contributed by atoms with Crippen molar-refractivity contribution in [1.29, 1.82) is 5.26 Å².